The number of nitrogen functional groups attached to an aromatic ring is 1. The van der Waals surface area contributed by atoms with Crippen LogP contribution in [-0.4, -0.2) is 50.6 Å². The summed E-state index contributed by atoms with van der Waals surface area (Å²) in [7, 11) is 0. The van der Waals surface area contributed by atoms with E-state index in [1.165, 1.54) is 17.8 Å². The first-order valence-corrected chi connectivity index (χ1v) is 13.7. The number of nitrogens with zero attached hydrogens (tertiary/aromatic N) is 4. The van der Waals surface area contributed by atoms with Gasteiger partial charge in [-0.05, 0) is 56.0 Å². The molecule has 4 heterocycles. The maximum Gasteiger partial charge on any atom is 0.410 e. The molecule has 6 rings (SSSR count). The lowest BCUT2D eigenvalue weighted by atomic mass is 10.0. The van der Waals surface area contributed by atoms with Crippen LogP contribution in [-0.2, 0) is 11.3 Å². The Balaban J connectivity index is 0.000000257. The highest BCUT2D eigenvalue weighted by atomic mass is 35.5. The number of halogens is 1. The van der Waals surface area contributed by atoms with E-state index in [0.717, 1.165) is 24.9 Å². The molecule has 4 N–H and O–H groups in total. The number of aromatic nitrogens is 3. The first-order chi connectivity index (χ1) is 18.7. The third-order valence-electron chi connectivity index (χ3n) is 6.82. The van der Waals surface area contributed by atoms with Crippen molar-refractivity contribution in [3.8, 4) is 10.6 Å². The van der Waals surface area contributed by atoms with Gasteiger partial charge in [0.1, 0.15) is 23.1 Å². The van der Waals surface area contributed by atoms with Gasteiger partial charge in [-0.25, -0.2) is 14.8 Å². The van der Waals surface area contributed by atoms with E-state index in [4.69, 9.17) is 27.8 Å². The van der Waals surface area contributed by atoms with Gasteiger partial charge in [0, 0.05) is 28.2 Å². The molecule has 2 aliphatic heterocycles. The molecule has 39 heavy (non-hydrogen) atoms. The lowest BCUT2D eigenvalue weighted by molar-refractivity contribution is 0.0996. The monoisotopic (exact) mass is 566 g/mol. The van der Waals surface area contributed by atoms with Crippen LogP contribution in [0.25, 0.3) is 21.5 Å². The first kappa shape index (κ1) is 26.6. The largest absolute Gasteiger partial charge is 0.447 e. The highest BCUT2D eigenvalue weighted by Crippen LogP contribution is 2.31. The fourth-order valence-corrected chi connectivity index (χ4v) is 5.69. The van der Waals surface area contributed by atoms with E-state index in [-0.39, 0.29) is 17.3 Å². The molecule has 1 atom stereocenters. The van der Waals surface area contributed by atoms with Crippen molar-refractivity contribution < 1.29 is 14.3 Å². The molecule has 0 aliphatic carbocycles. The molecule has 2 amide bonds. The number of carbonyl (C=O) groups is 2. The quantitative estimate of drug-likeness (QED) is 0.352. The van der Waals surface area contributed by atoms with Crippen LogP contribution in [0.3, 0.4) is 0 Å². The highest BCUT2D eigenvalue weighted by Gasteiger charge is 2.34. The maximum absolute atomic E-state index is 13.1. The van der Waals surface area contributed by atoms with Gasteiger partial charge in [0.05, 0.1) is 23.5 Å². The summed E-state index contributed by atoms with van der Waals surface area (Å²) in [6.07, 6.45) is 3.42. The number of nitrogens with two attached hydrogens (primary N) is 2. The number of piperidine rings is 1. The number of benzene rings is 2. The first-order valence-electron chi connectivity index (χ1n) is 12.5. The van der Waals surface area contributed by atoms with E-state index < -0.39 is 5.91 Å². The number of ether oxygens (including phenoxy) is 1. The predicted octanol–water partition coefficient (Wildman–Crippen LogP) is 4.20. The molecule has 4 aromatic rings. The number of hydrogen-bond acceptors (Lipinski definition) is 8. The smallest absolute Gasteiger partial charge is 0.410 e. The molecule has 0 spiro atoms. The van der Waals surface area contributed by atoms with E-state index in [1.807, 2.05) is 17.0 Å². The SMILES string of the molecule is Cc1nc2cc(-c3nc(C(N)=O)cs3)c(N)cc2c(=O)n1Cc1ccc(Cl)cc1.O=C1OCC2CCCCN12. The van der Waals surface area contributed by atoms with Gasteiger partial charge in [0.2, 0.25) is 0 Å². The number of aryl methyl sites for hydroxylation is 1. The Morgan fingerprint density at radius 1 is 1.18 bits per heavy atom. The zero-order chi connectivity index (χ0) is 27.7. The van der Waals surface area contributed by atoms with Crippen LogP contribution in [0.4, 0.5) is 10.5 Å². The van der Waals surface area contributed by atoms with Crippen molar-refractivity contribution >= 4 is 51.5 Å². The molecular formula is C27H27ClN6O4S. The molecule has 2 aliphatic rings. The topological polar surface area (TPSA) is 146 Å². The summed E-state index contributed by atoms with van der Waals surface area (Å²) in [5.74, 6) is -0.0314. The van der Waals surface area contributed by atoms with Crippen LogP contribution in [0, 0.1) is 6.92 Å². The van der Waals surface area contributed by atoms with E-state index in [9.17, 15) is 14.4 Å². The van der Waals surface area contributed by atoms with Crippen molar-refractivity contribution in [1.82, 2.24) is 19.4 Å². The number of thiazole rings is 1. The minimum absolute atomic E-state index is 0.107. The highest BCUT2D eigenvalue weighted by molar-refractivity contribution is 7.13. The number of amides is 2. The normalized spacial score (nSPS) is 16.4. The van der Waals surface area contributed by atoms with Gasteiger partial charge >= 0.3 is 6.09 Å². The summed E-state index contributed by atoms with van der Waals surface area (Å²) in [5.41, 5.74) is 13.9. The van der Waals surface area contributed by atoms with E-state index in [2.05, 4.69) is 9.97 Å². The summed E-state index contributed by atoms with van der Waals surface area (Å²) in [6, 6.07) is 11.0. The number of cyclic esters (lactones) is 1. The molecule has 1 unspecified atom stereocenters. The molecule has 202 valence electrons. The van der Waals surface area contributed by atoms with E-state index >= 15 is 0 Å². The van der Waals surface area contributed by atoms with Gasteiger partial charge in [0.25, 0.3) is 11.5 Å². The number of anilines is 1. The third-order valence-corrected chi connectivity index (χ3v) is 7.95. The molecule has 2 saturated heterocycles. The van der Waals surface area contributed by atoms with Gasteiger partial charge in [-0.15, -0.1) is 11.3 Å². The van der Waals surface area contributed by atoms with Crippen molar-refractivity contribution in [2.24, 2.45) is 5.73 Å². The molecule has 2 aromatic heterocycles. The lowest BCUT2D eigenvalue weighted by Gasteiger charge is -2.25. The van der Waals surface area contributed by atoms with Crippen LogP contribution in [0.2, 0.25) is 5.02 Å². The number of primary amides is 1. The van der Waals surface area contributed by atoms with Gasteiger partial charge in [0.15, 0.2) is 0 Å². The minimum Gasteiger partial charge on any atom is -0.447 e. The van der Waals surface area contributed by atoms with Crippen molar-refractivity contribution in [1.29, 1.82) is 0 Å². The molecule has 0 saturated carbocycles. The summed E-state index contributed by atoms with van der Waals surface area (Å²) in [6.45, 7) is 3.69. The molecule has 2 aromatic carbocycles. The fourth-order valence-electron chi connectivity index (χ4n) is 4.71. The Labute approximate surface area is 233 Å². The van der Waals surface area contributed by atoms with Gasteiger partial charge in [-0.1, -0.05) is 23.7 Å². The molecular weight excluding hydrogens is 540 g/mol. The summed E-state index contributed by atoms with van der Waals surface area (Å²) >= 11 is 7.19. The van der Waals surface area contributed by atoms with Crippen molar-refractivity contribution in [3.05, 3.63) is 74.2 Å². The lowest BCUT2D eigenvalue weighted by Crippen LogP contribution is -2.37. The average molecular weight is 567 g/mol. The van der Waals surface area contributed by atoms with E-state index in [0.29, 0.717) is 57.2 Å². The Kier molecular flexibility index (Phi) is 7.53. The number of fused-ring (bicyclic) bond motifs is 2. The molecule has 10 nitrogen and oxygen atoms in total. The Morgan fingerprint density at radius 2 is 1.95 bits per heavy atom. The third kappa shape index (κ3) is 5.59. The second-order valence-electron chi connectivity index (χ2n) is 9.46. The second-order valence-corrected chi connectivity index (χ2v) is 10.7. The summed E-state index contributed by atoms with van der Waals surface area (Å²) in [4.78, 5) is 46.0. The fraction of sp³-hybridized carbons (Fsp3) is 0.296. The van der Waals surface area contributed by atoms with Crippen molar-refractivity contribution in [2.45, 2.75) is 38.8 Å². The Bertz CT molecular complexity index is 1620. The maximum atomic E-state index is 13.1. The van der Waals surface area contributed by atoms with Crippen LogP contribution < -0.4 is 17.0 Å². The van der Waals surface area contributed by atoms with Crippen LogP contribution in [0.1, 0.15) is 41.1 Å². The van der Waals surface area contributed by atoms with Crippen molar-refractivity contribution in [3.63, 3.8) is 0 Å². The average Bonchev–Trinajstić information content (AvgIpc) is 3.56. The van der Waals surface area contributed by atoms with Crippen LogP contribution >= 0.6 is 22.9 Å². The number of hydrogen-bond donors (Lipinski definition) is 2. The Hall–Kier alpha value is -3.96. The molecule has 12 heteroatoms. The molecule has 0 radical (unpaired) electrons. The minimum atomic E-state index is -0.606. The van der Waals surface area contributed by atoms with Gasteiger partial charge < -0.3 is 21.1 Å². The van der Waals surface area contributed by atoms with Crippen LogP contribution in [0.15, 0.2) is 46.6 Å². The summed E-state index contributed by atoms with van der Waals surface area (Å²) in [5, 5.41) is 3.17. The summed E-state index contributed by atoms with van der Waals surface area (Å²) < 4.78 is 6.48. The number of rotatable bonds is 4. The Morgan fingerprint density at radius 3 is 2.64 bits per heavy atom. The second kappa shape index (κ2) is 11.0. The van der Waals surface area contributed by atoms with Crippen molar-refractivity contribution in [2.75, 3.05) is 18.9 Å². The number of carbonyl (C=O) groups excluding carboxylic acids is 2. The van der Waals surface area contributed by atoms with E-state index in [1.54, 1.807) is 41.1 Å². The zero-order valence-electron chi connectivity index (χ0n) is 21.2. The van der Waals surface area contributed by atoms with Gasteiger partial charge in [-0.3, -0.25) is 14.2 Å². The molecule has 0 bridgehead atoms. The van der Waals surface area contributed by atoms with Crippen LogP contribution in [0.5, 0.6) is 0 Å². The molecule has 2 fully saturated rings. The predicted molar refractivity (Wildman–Crippen MR) is 151 cm³/mol. The standard InChI is InChI=1S/C20H16ClN5O2S.C7H11NO2/c1-10-24-16-7-13(19-25-17(9-29-19)18(23)27)15(22)6-14(16)20(28)26(10)8-11-2-4-12(21)5-3-11;9-7-8-4-2-1-3-6(8)5-10-7/h2-7,9H,8,22H2,1H3,(H2,23,27);6H,1-5H2. The zero-order valence-corrected chi connectivity index (χ0v) is 22.8. The van der Waals surface area contributed by atoms with Gasteiger partial charge in [-0.2, -0.15) is 0 Å².